The van der Waals surface area contributed by atoms with E-state index in [4.69, 9.17) is 0 Å². The SMILES string of the molecule is C[C@H](O)CNc1ccc(-c2n[nH]cc2CN2CCN(c3ccc(C(F)(F)F)cn3)[C@H](C)C2)cn1. The molecule has 3 aromatic rings. The number of rotatable bonds is 7. The Hall–Kier alpha value is -3.18. The van der Waals surface area contributed by atoms with Crippen LogP contribution >= 0.6 is 0 Å². The molecule has 0 aromatic carbocycles. The van der Waals surface area contributed by atoms with Gasteiger partial charge in [0, 0.05) is 68.5 Å². The third-order valence-electron chi connectivity index (χ3n) is 5.81. The number of aromatic amines is 1. The van der Waals surface area contributed by atoms with Gasteiger partial charge in [0.15, 0.2) is 0 Å². The Morgan fingerprint density at radius 3 is 2.62 bits per heavy atom. The van der Waals surface area contributed by atoms with Crippen LogP contribution in [-0.2, 0) is 12.7 Å². The third-order valence-corrected chi connectivity index (χ3v) is 5.81. The molecule has 3 N–H and O–H groups in total. The summed E-state index contributed by atoms with van der Waals surface area (Å²) in [6, 6.07) is 6.41. The summed E-state index contributed by atoms with van der Waals surface area (Å²) in [6.07, 6.45) is -0.324. The van der Waals surface area contributed by atoms with Crippen LogP contribution in [0.15, 0.2) is 42.9 Å². The molecular weight excluding hydrogens is 447 g/mol. The highest BCUT2D eigenvalue weighted by Crippen LogP contribution is 2.30. The number of aliphatic hydroxyl groups is 1. The molecule has 2 atom stereocenters. The lowest BCUT2D eigenvalue weighted by Gasteiger charge is -2.40. The van der Waals surface area contributed by atoms with Crippen LogP contribution in [0.5, 0.6) is 0 Å². The number of anilines is 2. The van der Waals surface area contributed by atoms with E-state index < -0.39 is 17.8 Å². The summed E-state index contributed by atoms with van der Waals surface area (Å²) < 4.78 is 38.5. The molecule has 182 valence electrons. The van der Waals surface area contributed by atoms with Crippen LogP contribution < -0.4 is 10.2 Å². The van der Waals surface area contributed by atoms with Crippen LogP contribution in [0.25, 0.3) is 11.3 Å². The summed E-state index contributed by atoms with van der Waals surface area (Å²) in [5.74, 6) is 1.24. The molecule has 0 aliphatic carbocycles. The van der Waals surface area contributed by atoms with Crippen LogP contribution in [0.3, 0.4) is 0 Å². The zero-order chi connectivity index (χ0) is 24.3. The van der Waals surface area contributed by atoms with Crippen molar-refractivity contribution in [2.24, 2.45) is 0 Å². The summed E-state index contributed by atoms with van der Waals surface area (Å²) in [7, 11) is 0. The molecule has 1 aliphatic rings. The number of hydrogen-bond donors (Lipinski definition) is 3. The van der Waals surface area contributed by atoms with Crippen LogP contribution in [0, 0.1) is 0 Å². The number of aromatic nitrogens is 4. The lowest BCUT2D eigenvalue weighted by Crippen LogP contribution is -2.51. The van der Waals surface area contributed by atoms with Gasteiger partial charge in [-0.3, -0.25) is 10.00 Å². The molecule has 34 heavy (non-hydrogen) atoms. The molecule has 1 fully saturated rings. The van der Waals surface area contributed by atoms with Crippen molar-refractivity contribution < 1.29 is 18.3 Å². The van der Waals surface area contributed by atoms with Crippen molar-refractivity contribution in [2.45, 2.75) is 38.7 Å². The van der Waals surface area contributed by atoms with Gasteiger partial charge in [0.1, 0.15) is 11.6 Å². The van der Waals surface area contributed by atoms with Gasteiger partial charge in [0.25, 0.3) is 0 Å². The van der Waals surface area contributed by atoms with Crippen molar-refractivity contribution in [1.29, 1.82) is 0 Å². The molecule has 11 heteroatoms. The second-order valence-electron chi connectivity index (χ2n) is 8.60. The number of halogens is 3. The van der Waals surface area contributed by atoms with Crippen LogP contribution in [0.2, 0.25) is 0 Å². The number of nitrogens with one attached hydrogen (secondary N) is 2. The van der Waals surface area contributed by atoms with Crippen molar-refractivity contribution in [1.82, 2.24) is 25.1 Å². The van der Waals surface area contributed by atoms with Crippen molar-refractivity contribution in [3.8, 4) is 11.3 Å². The van der Waals surface area contributed by atoms with E-state index in [-0.39, 0.29) is 6.04 Å². The predicted octanol–water partition coefficient (Wildman–Crippen LogP) is 3.39. The molecule has 0 radical (unpaired) electrons. The molecule has 4 heterocycles. The van der Waals surface area contributed by atoms with Crippen molar-refractivity contribution in [3.63, 3.8) is 0 Å². The lowest BCUT2D eigenvalue weighted by atomic mass is 10.1. The number of pyridine rings is 2. The first-order valence-electron chi connectivity index (χ1n) is 11.1. The standard InChI is InChI=1S/C23H28F3N7O/c1-15-13-32(7-8-33(15)21-6-4-19(12-29-21)23(24,25)26)14-18-11-30-31-22(18)17-3-5-20(28-10-17)27-9-16(2)34/h3-6,10-12,15-16,34H,7-9,13-14H2,1-2H3,(H,27,28)(H,30,31)/t15-,16+/m1/s1. The summed E-state index contributed by atoms with van der Waals surface area (Å²) in [6.45, 7) is 7.02. The first kappa shape index (κ1) is 24.0. The Kier molecular flexibility index (Phi) is 7.03. The van der Waals surface area contributed by atoms with Gasteiger partial charge in [-0.1, -0.05) is 0 Å². The van der Waals surface area contributed by atoms with E-state index >= 15 is 0 Å². The fourth-order valence-corrected chi connectivity index (χ4v) is 4.06. The molecular formula is C23H28F3N7O. The van der Waals surface area contributed by atoms with Gasteiger partial charge in [-0.25, -0.2) is 9.97 Å². The maximum absolute atomic E-state index is 12.8. The molecule has 8 nitrogen and oxygen atoms in total. The van der Waals surface area contributed by atoms with Crippen LogP contribution in [-0.4, -0.2) is 68.5 Å². The lowest BCUT2D eigenvalue weighted by molar-refractivity contribution is -0.137. The van der Waals surface area contributed by atoms with Gasteiger partial charge in [-0.05, 0) is 38.1 Å². The van der Waals surface area contributed by atoms with Crippen molar-refractivity contribution in [3.05, 3.63) is 54.0 Å². The number of alkyl halides is 3. The average molecular weight is 476 g/mol. The smallest absolute Gasteiger partial charge is 0.392 e. The minimum absolute atomic E-state index is 0.0919. The van der Waals surface area contributed by atoms with Crippen LogP contribution in [0.4, 0.5) is 24.8 Å². The zero-order valence-electron chi connectivity index (χ0n) is 19.0. The number of nitrogens with zero attached hydrogens (tertiary/aromatic N) is 5. The fourth-order valence-electron chi connectivity index (χ4n) is 4.06. The van der Waals surface area contributed by atoms with Gasteiger partial charge in [0.2, 0.25) is 0 Å². The Labute approximate surface area is 195 Å². The summed E-state index contributed by atoms with van der Waals surface area (Å²) in [4.78, 5) is 12.8. The van der Waals surface area contributed by atoms with E-state index in [1.54, 1.807) is 13.1 Å². The number of H-pyrrole nitrogens is 1. The van der Waals surface area contributed by atoms with Gasteiger partial charge in [-0.15, -0.1) is 0 Å². The molecule has 3 aromatic heterocycles. The van der Waals surface area contributed by atoms with E-state index in [2.05, 4.69) is 30.4 Å². The maximum atomic E-state index is 12.8. The number of piperazine rings is 1. The van der Waals surface area contributed by atoms with E-state index in [1.165, 1.54) is 6.07 Å². The van der Waals surface area contributed by atoms with Gasteiger partial charge in [-0.2, -0.15) is 18.3 Å². The number of aliphatic hydroxyl groups excluding tert-OH is 1. The van der Waals surface area contributed by atoms with E-state index in [0.29, 0.717) is 31.3 Å². The third kappa shape index (κ3) is 5.65. The van der Waals surface area contributed by atoms with E-state index in [1.807, 2.05) is 30.2 Å². The topological polar surface area (TPSA) is 93.2 Å². The highest BCUT2D eigenvalue weighted by molar-refractivity contribution is 5.63. The molecule has 0 spiro atoms. The first-order valence-corrected chi connectivity index (χ1v) is 11.1. The van der Waals surface area contributed by atoms with Crippen LogP contribution in [0.1, 0.15) is 25.0 Å². The normalized spacial score (nSPS) is 18.2. The average Bonchev–Trinajstić information content (AvgIpc) is 3.26. The first-order chi connectivity index (χ1) is 16.2. The highest BCUT2D eigenvalue weighted by atomic mass is 19.4. The summed E-state index contributed by atoms with van der Waals surface area (Å²) in [5.41, 5.74) is 2.02. The molecule has 0 amide bonds. The maximum Gasteiger partial charge on any atom is 0.417 e. The molecule has 1 aliphatic heterocycles. The summed E-state index contributed by atoms with van der Waals surface area (Å²) >= 11 is 0. The van der Waals surface area contributed by atoms with Gasteiger partial charge < -0.3 is 15.3 Å². The van der Waals surface area contributed by atoms with Gasteiger partial charge in [0.05, 0.1) is 17.4 Å². The van der Waals surface area contributed by atoms with Crippen molar-refractivity contribution in [2.75, 3.05) is 36.4 Å². The minimum Gasteiger partial charge on any atom is -0.392 e. The Morgan fingerprint density at radius 1 is 1.18 bits per heavy atom. The van der Waals surface area contributed by atoms with Crippen molar-refractivity contribution >= 4 is 11.6 Å². The summed E-state index contributed by atoms with van der Waals surface area (Å²) in [5, 5.41) is 19.8. The molecule has 1 saturated heterocycles. The molecule has 0 bridgehead atoms. The second-order valence-corrected chi connectivity index (χ2v) is 8.60. The highest BCUT2D eigenvalue weighted by Gasteiger charge is 2.32. The Morgan fingerprint density at radius 2 is 2.00 bits per heavy atom. The van der Waals surface area contributed by atoms with E-state index in [9.17, 15) is 18.3 Å². The van der Waals surface area contributed by atoms with Gasteiger partial charge >= 0.3 is 6.18 Å². The zero-order valence-corrected chi connectivity index (χ0v) is 19.0. The number of hydrogen-bond acceptors (Lipinski definition) is 7. The second kappa shape index (κ2) is 9.98. The molecule has 4 rings (SSSR count). The fraction of sp³-hybridized carbons (Fsp3) is 0.435. The quantitative estimate of drug-likeness (QED) is 0.482. The molecule has 0 saturated carbocycles. The molecule has 0 unspecified atom stereocenters. The predicted molar refractivity (Wildman–Crippen MR) is 123 cm³/mol. The minimum atomic E-state index is -4.39. The largest absolute Gasteiger partial charge is 0.417 e. The monoisotopic (exact) mass is 475 g/mol. The van der Waals surface area contributed by atoms with E-state index in [0.717, 1.165) is 42.2 Å². The Bertz CT molecular complexity index is 1070. The Balaban J connectivity index is 1.38.